The lowest BCUT2D eigenvalue weighted by molar-refractivity contribution is -0.167. The molecule has 0 heterocycles. The Morgan fingerprint density at radius 3 is 1.02 bits per heavy atom. The summed E-state index contributed by atoms with van der Waals surface area (Å²) in [5.41, 5.74) is 0. The van der Waals surface area contributed by atoms with E-state index in [1.807, 2.05) is 0 Å². The van der Waals surface area contributed by atoms with Crippen LogP contribution in [0.4, 0.5) is 0 Å². The van der Waals surface area contributed by atoms with Crippen LogP contribution in [0.25, 0.3) is 0 Å². The van der Waals surface area contributed by atoms with Gasteiger partial charge < -0.3 is 14.2 Å². The monoisotopic (exact) mass is 897 g/mol. The van der Waals surface area contributed by atoms with Gasteiger partial charge in [0, 0.05) is 19.3 Å². The lowest BCUT2D eigenvalue weighted by Crippen LogP contribution is -2.30. The molecule has 1 atom stereocenters. The van der Waals surface area contributed by atoms with E-state index in [9.17, 15) is 14.4 Å². The van der Waals surface area contributed by atoms with E-state index < -0.39 is 6.10 Å². The predicted octanol–water partition coefficient (Wildman–Crippen LogP) is 17.1. The van der Waals surface area contributed by atoms with Gasteiger partial charge in [-0.3, -0.25) is 14.4 Å². The van der Waals surface area contributed by atoms with Crippen LogP contribution in [0.15, 0.2) is 134 Å². The Kier molecular flexibility index (Phi) is 48.6. The lowest BCUT2D eigenvalue weighted by Gasteiger charge is -2.18. The van der Waals surface area contributed by atoms with Crippen molar-refractivity contribution in [2.75, 3.05) is 13.2 Å². The smallest absolute Gasteiger partial charge is 0.306 e. The molecule has 0 aliphatic carbocycles. The molecule has 0 saturated heterocycles. The third-order valence-electron chi connectivity index (χ3n) is 10.1. The molecule has 0 bridgehead atoms. The molecule has 0 saturated carbocycles. The molecule has 0 fully saturated rings. The van der Waals surface area contributed by atoms with Crippen LogP contribution in [0, 0.1) is 0 Å². The molecule has 0 amide bonds. The minimum absolute atomic E-state index is 0.127. The maximum atomic E-state index is 12.8. The summed E-state index contributed by atoms with van der Waals surface area (Å²) in [5, 5.41) is 0. The Hall–Kier alpha value is -4.45. The molecule has 0 aliphatic rings. The summed E-state index contributed by atoms with van der Waals surface area (Å²) in [7, 11) is 0. The van der Waals surface area contributed by atoms with Crippen molar-refractivity contribution in [1.82, 2.24) is 0 Å². The quantitative estimate of drug-likeness (QED) is 0.0262. The first-order chi connectivity index (χ1) is 32.0. The van der Waals surface area contributed by atoms with Gasteiger partial charge in [0.1, 0.15) is 13.2 Å². The second kappa shape index (κ2) is 52.2. The summed E-state index contributed by atoms with van der Waals surface area (Å²) < 4.78 is 16.7. The molecule has 0 N–H and O–H groups in total. The van der Waals surface area contributed by atoms with Gasteiger partial charge in [-0.25, -0.2) is 0 Å². The third kappa shape index (κ3) is 50.4. The molecule has 0 rings (SSSR count). The summed E-state index contributed by atoms with van der Waals surface area (Å²) >= 11 is 0. The zero-order valence-corrected chi connectivity index (χ0v) is 41.4. The number of hydrogen-bond acceptors (Lipinski definition) is 6. The molecule has 0 aromatic rings. The first kappa shape index (κ1) is 60.5. The minimum atomic E-state index is -0.835. The normalized spacial score (nSPS) is 13.2. The van der Waals surface area contributed by atoms with E-state index in [1.54, 1.807) is 0 Å². The molecule has 6 nitrogen and oxygen atoms in total. The molecule has 0 aromatic heterocycles. The van der Waals surface area contributed by atoms with E-state index in [-0.39, 0.29) is 44.0 Å². The fourth-order valence-corrected chi connectivity index (χ4v) is 6.32. The molecule has 0 radical (unpaired) electrons. The predicted molar refractivity (Wildman–Crippen MR) is 279 cm³/mol. The van der Waals surface area contributed by atoms with E-state index in [0.29, 0.717) is 19.3 Å². The Bertz CT molecular complexity index is 1450. The summed E-state index contributed by atoms with van der Waals surface area (Å²) in [6.07, 6.45) is 73.0. The van der Waals surface area contributed by atoms with Gasteiger partial charge in [0.15, 0.2) is 6.10 Å². The summed E-state index contributed by atoms with van der Waals surface area (Å²) in [5.74, 6) is -1.05. The zero-order chi connectivity index (χ0) is 47.2. The van der Waals surface area contributed by atoms with Gasteiger partial charge in [0.25, 0.3) is 0 Å². The standard InChI is InChI=1S/C59H92O6/c1-4-7-10-13-16-19-22-25-28-29-32-35-38-41-44-47-50-53-59(62)65-56(54-63-57(60)51-48-45-42-39-36-33-30-26-23-20-17-14-11-8-5-2)55-64-58(61)52-49-46-43-40-37-34-31-27-24-21-18-15-12-9-6-3/h8-9,11-12,16-21,25-28,30-32,35-36,39,41,44,56H,4-7,10,13-15,22-24,29,33-34,37-38,40,42-43,45-55H2,1-3H3/b11-8-,12-9-,19-16-,20-17-,21-18-,28-25-,30-26-,31-27-,35-32-,39-36-,44-41-/t56-/m1/s1. The average Bonchev–Trinajstić information content (AvgIpc) is 3.30. The highest BCUT2D eigenvalue weighted by atomic mass is 16.6. The second-order valence-corrected chi connectivity index (χ2v) is 16.3. The first-order valence-electron chi connectivity index (χ1n) is 25.7. The van der Waals surface area contributed by atoms with Crippen molar-refractivity contribution >= 4 is 17.9 Å². The van der Waals surface area contributed by atoms with Crippen molar-refractivity contribution < 1.29 is 28.6 Å². The van der Waals surface area contributed by atoms with Crippen molar-refractivity contribution in [3.63, 3.8) is 0 Å². The largest absolute Gasteiger partial charge is 0.462 e. The Morgan fingerprint density at radius 1 is 0.323 bits per heavy atom. The Balaban J connectivity index is 4.61. The van der Waals surface area contributed by atoms with E-state index in [0.717, 1.165) is 122 Å². The van der Waals surface area contributed by atoms with Gasteiger partial charge in [-0.05, 0) is 128 Å². The molecular formula is C59H92O6. The van der Waals surface area contributed by atoms with Crippen molar-refractivity contribution in [3.05, 3.63) is 134 Å². The highest BCUT2D eigenvalue weighted by Gasteiger charge is 2.19. The topological polar surface area (TPSA) is 78.9 Å². The second-order valence-electron chi connectivity index (χ2n) is 16.3. The summed E-state index contributed by atoms with van der Waals surface area (Å²) in [4.78, 5) is 38.0. The maximum Gasteiger partial charge on any atom is 0.306 e. The SMILES string of the molecule is CC/C=C\C/C=C\C/C=C\C/C=C\CCCCC(=O)OC[C@H](COC(=O)CCCCCCC/C=C\C/C=C\C/C=C\CC)OC(=O)CCC/C=C\C/C=C\C/C=C\C/C=C\CCCCC. The molecule has 65 heavy (non-hydrogen) atoms. The van der Waals surface area contributed by atoms with Crippen LogP contribution in [0.1, 0.15) is 201 Å². The highest BCUT2D eigenvalue weighted by molar-refractivity contribution is 5.71. The van der Waals surface area contributed by atoms with Crippen LogP contribution in [0.5, 0.6) is 0 Å². The van der Waals surface area contributed by atoms with E-state index in [1.165, 1.54) is 25.7 Å². The number of hydrogen-bond donors (Lipinski definition) is 0. The van der Waals surface area contributed by atoms with Crippen LogP contribution < -0.4 is 0 Å². The maximum absolute atomic E-state index is 12.8. The van der Waals surface area contributed by atoms with Crippen molar-refractivity contribution in [1.29, 1.82) is 0 Å². The number of rotatable bonds is 44. The molecule has 0 unspecified atom stereocenters. The summed E-state index contributed by atoms with van der Waals surface area (Å²) in [6.45, 7) is 6.26. The third-order valence-corrected chi connectivity index (χ3v) is 10.1. The van der Waals surface area contributed by atoms with E-state index >= 15 is 0 Å². The van der Waals surface area contributed by atoms with Crippen LogP contribution in [0.2, 0.25) is 0 Å². The molecular weight excluding hydrogens is 805 g/mol. The molecule has 0 spiro atoms. The summed E-state index contributed by atoms with van der Waals surface area (Å²) in [6, 6.07) is 0. The van der Waals surface area contributed by atoms with Crippen molar-refractivity contribution in [2.45, 2.75) is 207 Å². The fourth-order valence-electron chi connectivity index (χ4n) is 6.32. The number of unbranched alkanes of at least 4 members (excludes halogenated alkanes) is 11. The number of esters is 3. The zero-order valence-electron chi connectivity index (χ0n) is 41.4. The van der Waals surface area contributed by atoms with Gasteiger partial charge in [0.2, 0.25) is 0 Å². The minimum Gasteiger partial charge on any atom is -0.462 e. The average molecular weight is 897 g/mol. The van der Waals surface area contributed by atoms with Crippen LogP contribution in [-0.4, -0.2) is 37.2 Å². The number of ether oxygens (including phenoxy) is 3. The highest BCUT2D eigenvalue weighted by Crippen LogP contribution is 2.11. The van der Waals surface area contributed by atoms with Gasteiger partial charge in [-0.1, -0.05) is 187 Å². The van der Waals surface area contributed by atoms with Gasteiger partial charge >= 0.3 is 17.9 Å². The molecule has 0 aliphatic heterocycles. The van der Waals surface area contributed by atoms with Gasteiger partial charge in [-0.15, -0.1) is 0 Å². The Morgan fingerprint density at radius 2 is 0.615 bits per heavy atom. The molecule has 6 heteroatoms. The molecule has 364 valence electrons. The lowest BCUT2D eigenvalue weighted by atomic mass is 10.1. The van der Waals surface area contributed by atoms with Crippen LogP contribution >= 0.6 is 0 Å². The van der Waals surface area contributed by atoms with Gasteiger partial charge in [0.05, 0.1) is 0 Å². The number of carbonyl (C=O) groups is 3. The van der Waals surface area contributed by atoms with E-state index in [4.69, 9.17) is 14.2 Å². The Labute approximate surface area is 398 Å². The van der Waals surface area contributed by atoms with Gasteiger partial charge in [-0.2, -0.15) is 0 Å². The van der Waals surface area contributed by atoms with Crippen molar-refractivity contribution in [2.24, 2.45) is 0 Å². The van der Waals surface area contributed by atoms with Crippen molar-refractivity contribution in [3.8, 4) is 0 Å². The molecule has 0 aromatic carbocycles. The number of carbonyl (C=O) groups excluding carboxylic acids is 3. The first-order valence-corrected chi connectivity index (χ1v) is 25.7. The number of allylic oxidation sites excluding steroid dienone is 22. The van der Waals surface area contributed by atoms with Crippen LogP contribution in [-0.2, 0) is 28.6 Å². The van der Waals surface area contributed by atoms with E-state index in [2.05, 4.69) is 154 Å². The fraction of sp³-hybridized carbons (Fsp3) is 0.576. The van der Waals surface area contributed by atoms with Crippen LogP contribution in [0.3, 0.4) is 0 Å².